The van der Waals surface area contributed by atoms with E-state index in [0.29, 0.717) is 37.7 Å². The number of nitrogens with one attached hydrogen (secondary N) is 2. The van der Waals surface area contributed by atoms with E-state index in [1.807, 2.05) is 11.8 Å². The molecule has 0 saturated carbocycles. The highest BCUT2D eigenvalue weighted by Crippen LogP contribution is 2.25. The van der Waals surface area contributed by atoms with Crippen molar-refractivity contribution >= 4 is 11.9 Å². The molecule has 0 bridgehead atoms. The number of carbonyl (C=O) groups excluding carboxylic acids is 2. The monoisotopic (exact) mass is 336 g/mol. The van der Waals surface area contributed by atoms with Crippen molar-refractivity contribution in [2.45, 2.75) is 39.7 Å². The van der Waals surface area contributed by atoms with Gasteiger partial charge < -0.3 is 15.1 Å². The Hall–Kier alpha value is -2.12. The Morgan fingerprint density at radius 1 is 1.38 bits per heavy atom. The predicted octanol–water partition coefficient (Wildman–Crippen LogP) is 0.800. The summed E-state index contributed by atoms with van der Waals surface area (Å²) in [5.74, 6) is 2.17. The number of rotatable bonds is 5. The fraction of sp³-hybridized carbons (Fsp3) is 0.750. The molecule has 2 N–H and O–H groups in total. The summed E-state index contributed by atoms with van der Waals surface area (Å²) in [5.41, 5.74) is 0. The number of aryl methyl sites for hydroxylation is 2. The molecule has 3 amide bonds. The van der Waals surface area contributed by atoms with E-state index in [2.05, 4.69) is 34.3 Å². The number of aromatic amines is 1. The first kappa shape index (κ1) is 18.2. The molecule has 2 rings (SSSR count). The van der Waals surface area contributed by atoms with Crippen LogP contribution in [0.1, 0.15) is 31.9 Å². The van der Waals surface area contributed by atoms with Crippen molar-refractivity contribution in [3.63, 3.8) is 0 Å². The molecule has 0 aliphatic carbocycles. The molecule has 2 heterocycles. The van der Waals surface area contributed by atoms with E-state index in [9.17, 15) is 9.59 Å². The highest BCUT2D eigenvalue weighted by atomic mass is 16.2. The lowest BCUT2D eigenvalue weighted by Gasteiger charge is -2.24. The van der Waals surface area contributed by atoms with Gasteiger partial charge in [-0.25, -0.2) is 9.78 Å². The smallest absolute Gasteiger partial charge is 0.317 e. The second kappa shape index (κ2) is 7.63. The Morgan fingerprint density at radius 2 is 2.08 bits per heavy atom. The molecule has 0 spiro atoms. The van der Waals surface area contributed by atoms with Gasteiger partial charge in [-0.1, -0.05) is 13.8 Å². The normalized spacial score (nSPS) is 20.5. The molecule has 8 nitrogen and oxygen atoms in total. The van der Waals surface area contributed by atoms with Gasteiger partial charge in [-0.15, -0.1) is 0 Å². The number of hydrogen-bond donors (Lipinski definition) is 2. The fourth-order valence-electron chi connectivity index (χ4n) is 3.03. The standard InChI is InChI=1S/C16H28N6O2/c1-10(2)12-8-22(9-13(12)18-16(24)21(4)5)15(23)7-6-14-17-11(3)19-20-14/h10,12-13H,6-9H2,1-5H3,(H,18,24)(H,17,19,20)/t12-,13+/m0/s1. The summed E-state index contributed by atoms with van der Waals surface area (Å²) < 4.78 is 0. The van der Waals surface area contributed by atoms with Crippen LogP contribution in [0.15, 0.2) is 0 Å². The number of aromatic nitrogens is 3. The van der Waals surface area contributed by atoms with Crippen molar-refractivity contribution < 1.29 is 9.59 Å². The maximum Gasteiger partial charge on any atom is 0.317 e. The maximum atomic E-state index is 12.5. The SMILES string of the molecule is Cc1nc(CCC(=O)N2C[C@@H](NC(=O)N(C)C)[C@H](C(C)C)C2)n[nH]1. The second-order valence-corrected chi connectivity index (χ2v) is 6.99. The van der Waals surface area contributed by atoms with E-state index in [1.54, 1.807) is 14.1 Å². The minimum Gasteiger partial charge on any atom is -0.340 e. The van der Waals surface area contributed by atoms with Gasteiger partial charge in [-0.3, -0.25) is 9.89 Å². The zero-order valence-electron chi connectivity index (χ0n) is 15.2. The molecule has 1 saturated heterocycles. The number of H-pyrrole nitrogens is 1. The van der Waals surface area contributed by atoms with Gasteiger partial charge in [0.25, 0.3) is 0 Å². The largest absolute Gasteiger partial charge is 0.340 e. The van der Waals surface area contributed by atoms with Crippen molar-refractivity contribution in [3.8, 4) is 0 Å². The molecule has 1 aliphatic rings. The van der Waals surface area contributed by atoms with Gasteiger partial charge >= 0.3 is 6.03 Å². The molecule has 0 unspecified atom stereocenters. The molecular formula is C16H28N6O2. The highest BCUT2D eigenvalue weighted by Gasteiger charge is 2.37. The lowest BCUT2D eigenvalue weighted by atomic mass is 9.91. The van der Waals surface area contributed by atoms with E-state index in [-0.39, 0.29) is 23.9 Å². The highest BCUT2D eigenvalue weighted by molar-refractivity contribution is 5.77. The summed E-state index contributed by atoms with van der Waals surface area (Å²) in [5, 5.41) is 9.88. The molecule has 1 fully saturated rings. The van der Waals surface area contributed by atoms with Gasteiger partial charge in [0.1, 0.15) is 5.82 Å². The zero-order valence-corrected chi connectivity index (χ0v) is 15.2. The average Bonchev–Trinajstić information content (AvgIpc) is 3.11. The fourth-order valence-corrected chi connectivity index (χ4v) is 3.03. The number of likely N-dealkylation sites (tertiary alicyclic amines) is 1. The van der Waals surface area contributed by atoms with Crippen LogP contribution in [0, 0.1) is 18.8 Å². The third kappa shape index (κ3) is 4.46. The molecule has 134 valence electrons. The van der Waals surface area contributed by atoms with Gasteiger partial charge in [0.05, 0.1) is 6.04 Å². The Kier molecular flexibility index (Phi) is 5.80. The lowest BCUT2D eigenvalue weighted by molar-refractivity contribution is -0.130. The van der Waals surface area contributed by atoms with Crippen molar-refractivity contribution in [1.82, 2.24) is 30.3 Å². The van der Waals surface area contributed by atoms with E-state index >= 15 is 0 Å². The van der Waals surface area contributed by atoms with E-state index in [4.69, 9.17) is 0 Å². The zero-order chi connectivity index (χ0) is 17.9. The number of hydrogen-bond acceptors (Lipinski definition) is 4. The molecule has 24 heavy (non-hydrogen) atoms. The first-order valence-corrected chi connectivity index (χ1v) is 8.41. The summed E-state index contributed by atoms with van der Waals surface area (Å²) in [6.07, 6.45) is 0.914. The van der Waals surface area contributed by atoms with Crippen molar-refractivity contribution in [2.75, 3.05) is 27.2 Å². The molecule has 2 atom stereocenters. The Labute approximate surface area is 143 Å². The minimum absolute atomic E-state index is 0.00500. The van der Waals surface area contributed by atoms with Crippen molar-refractivity contribution in [3.05, 3.63) is 11.6 Å². The van der Waals surface area contributed by atoms with Crippen LogP contribution < -0.4 is 5.32 Å². The van der Waals surface area contributed by atoms with Crippen LogP contribution in [-0.4, -0.2) is 70.1 Å². The Balaban J connectivity index is 1.93. The van der Waals surface area contributed by atoms with E-state index < -0.39 is 0 Å². The topological polar surface area (TPSA) is 94.2 Å². The van der Waals surface area contributed by atoms with Crippen LogP contribution in [0.5, 0.6) is 0 Å². The molecule has 1 aromatic heterocycles. The summed E-state index contributed by atoms with van der Waals surface area (Å²) in [7, 11) is 3.44. The summed E-state index contributed by atoms with van der Waals surface area (Å²) in [4.78, 5) is 32.0. The number of amides is 3. The Bertz CT molecular complexity index is 583. The third-order valence-corrected chi connectivity index (χ3v) is 4.50. The van der Waals surface area contributed by atoms with Crippen LogP contribution in [0.3, 0.4) is 0 Å². The van der Waals surface area contributed by atoms with Gasteiger partial charge in [-0.2, -0.15) is 5.10 Å². The van der Waals surface area contributed by atoms with Crippen LogP contribution in [0.4, 0.5) is 4.79 Å². The molecule has 8 heteroatoms. The second-order valence-electron chi connectivity index (χ2n) is 6.99. The quantitative estimate of drug-likeness (QED) is 0.831. The number of carbonyl (C=O) groups is 2. The first-order valence-electron chi connectivity index (χ1n) is 8.41. The van der Waals surface area contributed by atoms with E-state index in [0.717, 1.165) is 5.82 Å². The van der Waals surface area contributed by atoms with Crippen LogP contribution in [0.25, 0.3) is 0 Å². The molecular weight excluding hydrogens is 308 g/mol. The first-order chi connectivity index (χ1) is 11.3. The maximum absolute atomic E-state index is 12.5. The van der Waals surface area contributed by atoms with E-state index in [1.165, 1.54) is 4.90 Å². The van der Waals surface area contributed by atoms with Gasteiger partial charge in [-0.05, 0) is 12.8 Å². The predicted molar refractivity (Wildman–Crippen MR) is 90.4 cm³/mol. The van der Waals surface area contributed by atoms with Crippen LogP contribution in [0.2, 0.25) is 0 Å². The molecule has 1 aliphatic heterocycles. The summed E-state index contributed by atoms with van der Waals surface area (Å²) in [6, 6.07) is -0.120. The van der Waals surface area contributed by atoms with Gasteiger partial charge in [0, 0.05) is 45.9 Å². The summed E-state index contributed by atoms with van der Waals surface area (Å²) >= 11 is 0. The molecule has 1 aromatic rings. The number of urea groups is 1. The van der Waals surface area contributed by atoms with Gasteiger partial charge in [0.15, 0.2) is 5.82 Å². The summed E-state index contributed by atoms with van der Waals surface area (Å²) in [6.45, 7) is 7.34. The molecule has 0 radical (unpaired) electrons. The average molecular weight is 336 g/mol. The lowest BCUT2D eigenvalue weighted by Crippen LogP contribution is -2.46. The molecule has 0 aromatic carbocycles. The number of nitrogens with zero attached hydrogens (tertiary/aromatic N) is 4. The van der Waals surface area contributed by atoms with Gasteiger partial charge in [0.2, 0.25) is 5.91 Å². The van der Waals surface area contributed by atoms with Crippen LogP contribution >= 0.6 is 0 Å². The van der Waals surface area contributed by atoms with Crippen LogP contribution in [-0.2, 0) is 11.2 Å². The third-order valence-electron chi connectivity index (χ3n) is 4.50. The minimum atomic E-state index is -0.115. The van der Waals surface area contributed by atoms with Crippen molar-refractivity contribution in [1.29, 1.82) is 0 Å². The Morgan fingerprint density at radius 3 is 2.62 bits per heavy atom. The van der Waals surface area contributed by atoms with Crippen molar-refractivity contribution in [2.24, 2.45) is 11.8 Å².